The van der Waals surface area contributed by atoms with Gasteiger partial charge in [-0.05, 0) is 38.3 Å². The molecule has 0 fully saturated rings. The number of rotatable bonds is 3. The highest BCUT2D eigenvalue weighted by atomic mass is 35.5. The maximum absolute atomic E-state index is 11.2. The van der Waals surface area contributed by atoms with Gasteiger partial charge in [0.25, 0.3) is 0 Å². The lowest BCUT2D eigenvalue weighted by Crippen LogP contribution is -2.38. The van der Waals surface area contributed by atoms with E-state index < -0.39 is 16.9 Å². The van der Waals surface area contributed by atoms with E-state index in [9.17, 15) is 4.79 Å². The molecule has 1 aromatic heterocycles. The highest BCUT2D eigenvalue weighted by Gasteiger charge is 2.33. The molecule has 7 heteroatoms. The molecule has 0 saturated carbocycles. The molecule has 1 heterocycles. The van der Waals surface area contributed by atoms with Crippen molar-refractivity contribution in [2.24, 2.45) is 5.41 Å². The lowest BCUT2D eigenvalue weighted by molar-refractivity contribution is 0.0697. The lowest BCUT2D eigenvalue weighted by atomic mass is 9.75. The summed E-state index contributed by atoms with van der Waals surface area (Å²) in [4.78, 5) is 18.8. The Balaban J connectivity index is 2.31. The van der Waals surface area contributed by atoms with Crippen molar-refractivity contribution in [3.63, 3.8) is 0 Å². The zero-order chi connectivity index (χ0) is 15.7. The predicted octanol–water partition coefficient (Wildman–Crippen LogP) is 2.88. The maximum Gasteiger partial charge on any atom is 0.341 e. The Morgan fingerprint density at radius 3 is 2.71 bits per heavy atom. The highest BCUT2D eigenvalue weighted by molar-refractivity contribution is 6.28. The number of nitriles is 1. The van der Waals surface area contributed by atoms with Crippen molar-refractivity contribution in [1.82, 2.24) is 9.97 Å². The van der Waals surface area contributed by atoms with Crippen LogP contribution in [-0.2, 0) is 0 Å². The third-order valence-electron chi connectivity index (χ3n) is 3.63. The molecule has 2 unspecified atom stereocenters. The minimum atomic E-state index is -1.13. The van der Waals surface area contributed by atoms with Gasteiger partial charge in [0.05, 0.1) is 17.0 Å². The van der Waals surface area contributed by atoms with E-state index in [0.29, 0.717) is 12.8 Å². The molecule has 110 valence electrons. The standard InChI is InChI=1S/C14H15ClN4O2/c1-13(8-16)3-5-14(2,6-4-13)19-10-9(11(20)21)7-17-12(15)18-10/h3,5,7H,4,6H2,1-2H3,(H,20,21)(H,17,18,19). The van der Waals surface area contributed by atoms with Crippen LogP contribution in [0.5, 0.6) is 0 Å². The van der Waals surface area contributed by atoms with Gasteiger partial charge in [-0.1, -0.05) is 12.2 Å². The number of aromatic carboxylic acids is 1. The van der Waals surface area contributed by atoms with E-state index in [1.165, 1.54) is 6.20 Å². The minimum absolute atomic E-state index is 0.0206. The van der Waals surface area contributed by atoms with Crippen molar-refractivity contribution < 1.29 is 9.90 Å². The molecular weight excluding hydrogens is 292 g/mol. The molecule has 0 spiro atoms. The van der Waals surface area contributed by atoms with E-state index in [4.69, 9.17) is 22.0 Å². The highest BCUT2D eigenvalue weighted by Crippen LogP contribution is 2.36. The van der Waals surface area contributed by atoms with Crippen LogP contribution in [0.25, 0.3) is 0 Å². The van der Waals surface area contributed by atoms with E-state index in [-0.39, 0.29) is 16.7 Å². The molecule has 6 nitrogen and oxygen atoms in total. The van der Waals surface area contributed by atoms with Crippen molar-refractivity contribution in [1.29, 1.82) is 5.26 Å². The van der Waals surface area contributed by atoms with Gasteiger partial charge in [0.2, 0.25) is 5.28 Å². The first-order chi connectivity index (χ1) is 9.77. The van der Waals surface area contributed by atoms with E-state index in [0.717, 1.165) is 0 Å². The van der Waals surface area contributed by atoms with Crippen molar-refractivity contribution in [2.75, 3.05) is 5.32 Å². The summed E-state index contributed by atoms with van der Waals surface area (Å²) in [6.45, 7) is 3.79. The molecule has 2 rings (SSSR count). The number of nitrogens with one attached hydrogen (secondary N) is 1. The number of aromatic nitrogens is 2. The summed E-state index contributed by atoms with van der Waals surface area (Å²) in [5.74, 6) is -0.949. The van der Waals surface area contributed by atoms with Gasteiger partial charge in [-0.25, -0.2) is 9.78 Å². The van der Waals surface area contributed by atoms with Crippen LogP contribution in [0.3, 0.4) is 0 Å². The molecule has 21 heavy (non-hydrogen) atoms. The number of allylic oxidation sites excluding steroid dienone is 1. The van der Waals surface area contributed by atoms with E-state index in [1.807, 2.05) is 26.0 Å². The van der Waals surface area contributed by atoms with Crippen molar-refractivity contribution in [3.05, 3.63) is 29.2 Å². The fourth-order valence-electron chi connectivity index (χ4n) is 2.13. The third kappa shape index (κ3) is 3.31. The zero-order valence-corrected chi connectivity index (χ0v) is 12.5. The molecule has 2 N–H and O–H groups in total. The first-order valence-electron chi connectivity index (χ1n) is 6.43. The molecular formula is C14H15ClN4O2. The topological polar surface area (TPSA) is 98.9 Å². The molecule has 0 bridgehead atoms. The van der Waals surface area contributed by atoms with Crippen LogP contribution in [0, 0.1) is 16.7 Å². The molecule has 1 aromatic rings. The fourth-order valence-corrected chi connectivity index (χ4v) is 2.27. The third-order valence-corrected chi connectivity index (χ3v) is 3.81. The van der Waals surface area contributed by atoms with Crippen LogP contribution >= 0.6 is 11.6 Å². The molecule has 1 aliphatic carbocycles. The van der Waals surface area contributed by atoms with E-state index in [1.54, 1.807) is 0 Å². The molecule has 0 amide bonds. The molecule has 0 radical (unpaired) electrons. The zero-order valence-electron chi connectivity index (χ0n) is 11.7. The summed E-state index contributed by atoms with van der Waals surface area (Å²) in [6, 6.07) is 2.27. The number of halogens is 1. The number of anilines is 1. The van der Waals surface area contributed by atoms with Crippen molar-refractivity contribution in [3.8, 4) is 6.07 Å². The quantitative estimate of drug-likeness (QED) is 0.658. The van der Waals surface area contributed by atoms with Gasteiger partial charge in [-0.2, -0.15) is 10.2 Å². The van der Waals surface area contributed by atoms with Crippen LogP contribution in [0.1, 0.15) is 37.0 Å². The summed E-state index contributed by atoms with van der Waals surface area (Å²) < 4.78 is 0. The Hall–Kier alpha value is -2.13. The van der Waals surface area contributed by atoms with Gasteiger partial charge in [0, 0.05) is 6.20 Å². The molecule has 0 aromatic carbocycles. The van der Waals surface area contributed by atoms with Gasteiger partial charge in [0.15, 0.2) is 0 Å². The number of hydrogen-bond donors (Lipinski definition) is 2. The molecule has 1 aliphatic rings. The Morgan fingerprint density at radius 1 is 1.48 bits per heavy atom. The maximum atomic E-state index is 11.2. The molecule has 0 saturated heterocycles. The van der Waals surface area contributed by atoms with Crippen molar-refractivity contribution >= 4 is 23.4 Å². The van der Waals surface area contributed by atoms with E-state index >= 15 is 0 Å². The summed E-state index contributed by atoms with van der Waals surface area (Å²) in [7, 11) is 0. The second-order valence-corrected chi connectivity index (χ2v) is 5.95. The summed E-state index contributed by atoms with van der Waals surface area (Å²) in [5.41, 5.74) is -1.01. The number of carboxylic acids is 1. The average molecular weight is 307 g/mol. The van der Waals surface area contributed by atoms with Crippen LogP contribution < -0.4 is 5.32 Å². The van der Waals surface area contributed by atoms with Gasteiger partial charge >= 0.3 is 5.97 Å². The minimum Gasteiger partial charge on any atom is -0.477 e. The number of carbonyl (C=O) groups is 1. The first kappa shape index (κ1) is 15.3. The van der Waals surface area contributed by atoms with Crippen molar-refractivity contribution in [2.45, 2.75) is 32.2 Å². The smallest absolute Gasteiger partial charge is 0.341 e. The fraction of sp³-hybridized carbons (Fsp3) is 0.429. The Bertz CT molecular complexity index is 655. The van der Waals surface area contributed by atoms with Crippen LogP contribution in [0.2, 0.25) is 5.28 Å². The molecule has 2 atom stereocenters. The van der Waals surface area contributed by atoms with Gasteiger partial charge in [-0.15, -0.1) is 0 Å². The summed E-state index contributed by atoms with van der Waals surface area (Å²) >= 11 is 5.74. The van der Waals surface area contributed by atoms with E-state index in [2.05, 4.69) is 21.4 Å². The summed E-state index contributed by atoms with van der Waals surface area (Å²) in [5, 5.41) is 21.4. The summed E-state index contributed by atoms with van der Waals surface area (Å²) in [6.07, 6.45) is 6.24. The number of hydrogen-bond acceptors (Lipinski definition) is 5. The van der Waals surface area contributed by atoms with Gasteiger partial charge in [-0.3, -0.25) is 0 Å². The monoisotopic (exact) mass is 306 g/mol. The van der Waals surface area contributed by atoms with Crippen LogP contribution in [-0.4, -0.2) is 26.6 Å². The number of nitrogens with zero attached hydrogens (tertiary/aromatic N) is 3. The Labute approximate surface area is 127 Å². The SMILES string of the molecule is CC1(C#N)C=CC(C)(Nc2nc(Cl)ncc2C(=O)O)CC1. The van der Waals surface area contributed by atoms with Crippen LogP contribution in [0.15, 0.2) is 18.3 Å². The average Bonchev–Trinajstić information content (AvgIpc) is 2.42. The lowest BCUT2D eigenvalue weighted by Gasteiger charge is -2.35. The predicted molar refractivity (Wildman–Crippen MR) is 78.1 cm³/mol. The number of carboxylic acid groups (broad SMARTS) is 1. The largest absolute Gasteiger partial charge is 0.477 e. The van der Waals surface area contributed by atoms with Gasteiger partial charge in [0.1, 0.15) is 11.4 Å². The van der Waals surface area contributed by atoms with Gasteiger partial charge < -0.3 is 10.4 Å². The Kier molecular flexibility index (Phi) is 3.88. The first-order valence-corrected chi connectivity index (χ1v) is 6.80. The molecule has 0 aliphatic heterocycles. The Morgan fingerprint density at radius 2 is 2.19 bits per heavy atom. The second kappa shape index (κ2) is 5.34. The van der Waals surface area contributed by atoms with Crippen LogP contribution in [0.4, 0.5) is 5.82 Å². The second-order valence-electron chi connectivity index (χ2n) is 5.61. The normalized spacial score (nSPS) is 27.9.